The van der Waals surface area contributed by atoms with Gasteiger partial charge in [0.05, 0.1) is 18.0 Å². The van der Waals surface area contributed by atoms with Crippen LogP contribution in [0.15, 0.2) is 52.9 Å². The summed E-state index contributed by atoms with van der Waals surface area (Å²) >= 11 is 1.47. The quantitative estimate of drug-likeness (QED) is 0.393. The van der Waals surface area contributed by atoms with E-state index in [2.05, 4.69) is 30.9 Å². The van der Waals surface area contributed by atoms with Gasteiger partial charge in [-0.3, -0.25) is 4.98 Å². The molecule has 1 saturated carbocycles. The fourth-order valence-electron chi connectivity index (χ4n) is 4.94. The van der Waals surface area contributed by atoms with Gasteiger partial charge in [-0.1, -0.05) is 12.1 Å². The second kappa shape index (κ2) is 7.00. The first kappa shape index (κ1) is 19.0. The average Bonchev–Trinajstić information content (AvgIpc) is 3.20. The summed E-state index contributed by atoms with van der Waals surface area (Å²) < 4.78 is 5.59. The fourth-order valence-corrected chi connectivity index (χ4v) is 5.70. The van der Waals surface area contributed by atoms with Gasteiger partial charge in [-0.05, 0) is 35.7 Å². The van der Waals surface area contributed by atoms with E-state index in [1.165, 1.54) is 11.8 Å². The van der Waals surface area contributed by atoms with Gasteiger partial charge in [0, 0.05) is 48.0 Å². The summed E-state index contributed by atoms with van der Waals surface area (Å²) in [5.41, 5.74) is 9.29. The van der Waals surface area contributed by atoms with Crippen molar-refractivity contribution >= 4 is 50.7 Å². The first-order valence-electron chi connectivity index (χ1n) is 10.8. The number of hydrogen-bond acceptors (Lipinski definition) is 9. The van der Waals surface area contributed by atoms with Crippen LogP contribution in [0.4, 0.5) is 5.82 Å². The van der Waals surface area contributed by atoms with Gasteiger partial charge in [0.1, 0.15) is 22.7 Å². The molecule has 1 aromatic carbocycles. The third-order valence-electron chi connectivity index (χ3n) is 6.70. The maximum atomic E-state index is 6.21. The monoisotopic (exact) mass is 456 g/mol. The van der Waals surface area contributed by atoms with Gasteiger partial charge in [0.25, 0.3) is 0 Å². The second-order valence-corrected chi connectivity index (χ2v) is 9.58. The molecular weight excluding hydrogens is 436 g/mol. The van der Waals surface area contributed by atoms with Gasteiger partial charge < -0.3 is 20.4 Å². The highest BCUT2D eigenvalue weighted by atomic mass is 32.2. The number of aromatic nitrogens is 6. The molecule has 2 unspecified atom stereocenters. The summed E-state index contributed by atoms with van der Waals surface area (Å²) in [5.74, 6) is 2.83. The van der Waals surface area contributed by atoms with Crippen LogP contribution in [-0.4, -0.2) is 56.1 Å². The van der Waals surface area contributed by atoms with Crippen LogP contribution in [-0.2, 0) is 0 Å². The summed E-state index contributed by atoms with van der Waals surface area (Å²) in [6, 6.07) is 8.32. The fraction of sp³-hybridized carbons (Fsp3) is 0.261. The molecule has 2 atom stereocenters. The lowest BCUT2D eigenvalue weighted by Crippen LogP contribution is -2.29. The third kappa shape index (κ3) is 2.94. The number of piperidine rings is 1. The van der Waals surface area contributed by atoms with Crippen LogP contribution in [0.1, 0.15) is 0 Å². The topological polar surface area (TPSA) is 119 Å². The van der Waals surface area contributed by atoms with Crippen molar-refractivity contribution in [3.05, 3.63) is 42.9 Å². The Morgan fingerprint density at radius 1 is 1.12 bits per heavy atom. The lowest BCUT2D eigenvalue weighted by molar-refractivity contribution is 0.419. The van der Waals surface area contributed by atoms with E-state index in [9.17, 15) is 0 Å². The minimum absolute atomic E-state index is 0.320. The molecule has 2 fully saturated rings. The van der Waals surface area contributed by atoms with Gasteiger partial charge in [-0.2, -0.15) is 0 Å². The van der Waals surface area contributed by atoms with Crippen molar-refractivity contribution in [1.29, 1.82) is 0 Å². The number of ether oxygens (including phenoxy) is 1. The van der Waals surface area contributed by atoms with E-state index >= 15 is 0 Å². The summed E-state index contributed by atoms with van der Waals surface area (Å²) in [4.78, 5) is 29.7. The van der Waals surface area contributed by atoms with E-state index in [1.807, 2.05) is 18.2 Å². The van der Waals surface area contributed by atoms with E-state index in [0.29, 0.717) is 28.7 Å². The van der Waals surface area contributed by atoms with Crippen molar-refractivity contribution in [2.45, 2.75) is 16.1 Å². The number of anilines is 1. The largest absolute Gasteiger partial charge is 0.495 e. The van der Waals surface area contributed by atoms with Gasteiger partial charge >= 0.3 is 0 Å². The predicted molar refractivity (Wildman–Crippen MR) is 127 cm³/mol. The number of pyridine rings is 1. The minimum Gasteiger partial charge on any atom is -0.495 e. The van der Waals surface area contributed by atoms with Crippen LogP contribution in [0.25, 0.3) is 33.1 Å². The van der Waals surface area contributed by atoms with Crippen LogP contribution in [0.5, 0.6) is 5.75 Å². The van der Waals surface area contributed by atoms with Gasteiger partial charge in [0.15, 0.2) is 10.8 Å². The molecule has 0 bridgehead atoms. The predicted octanol–water partition coefficient (Wildman–Crippen LogP) is 3.00. The number of nitrogens with zero attached hydrogens (tertiary/aromatic N) is 6. The van der Waals surface area contributed by atoms with Gasteiger partial charge in [-0.15, -0.1) is 0 Å². The van der Waals surface area contributed by atoms with Gasteiger partial charge in [-0.25, -0.2) is 19.9 Å². The van der Waals surface area contributed by atoms with Crippen molar-refractivity contribution < 1.29 is 4.74 Å². The maximum Gasteiger partial charge on any atom is 0.196 e. The highest BCUT2D eigenvalue weighted by Gasteiger charge is 2.54. The molecule has 4 aromatic heterocycles. The zero-order valence-electron chi connectivity index (χ0n) is 17.8. The van der Waals surface area contributed by atoms with E-state index in [0.717, 1.165) is 57.0 Å². The van der Waals surface area contributed by atoms with E-state index in [1.54, 1.807) is 25.7 Å². The molecule has 2 aliphatic rings. The number of para-hydroxylation sites is 1. The molecule has 10 heteroatoms. The average molecular weight is 457 g/mol. The SMILES string of the molecule is COc1cccc2c1[nH]c1nc(Sc3cnc4nccnc4c3)nc(N3CC4C(N)C4C3)c12. The zero-order chi connectivity index (χ0) is 22.1. The number of rotatable bonds is 4. The lowest BCUT2D eigenvalue weighted by atomic mass is 10.2. The standard InChI is InChI=1S/C23H20N8OS/c1-32-16-4-2-3-12-17-21(28-19(12)16)29-23(30-22(17)31-9-13-14(10-31)18(13)24)33-11-7-15-20(27-8-11)26-6-5-25-15/h2-8,13-14,18H,9-10,24H2,1H3,(H,28,29,30). The number of methoxy groups -OCH3 is 1. The minimum atomic E-state index is 0.320. The van der Waals surface area contributed by atoms with Crippen molar-refractivity contribution in [3.63, 3.8) is 0 Å². The molecule has 9 nitrogen and oxygen atoms in total. The Morgan fingerprint density at radius 3 is 2.82 bits per heavy atom. The first-order chi connectivity index (χ1) is 16.2. The molecule has 33 heavy (non-hydrogen) atoms. The Labute approximate surface area is 192 Å². The number of aromatic amines is 1. The van der Waals surface area contributed by atoms with Crippen molar-refractivity contribution in [3.8, 4) is 5.75 Å². The Hall–Kier alpha value is -3.50. The molecule has 1 saturated heterocycles. The lowest BCUT2D eigenvalue weighted by Gasteiger charge is -2.21. The number of H-pyrrole nitrogens is 1. The normalized spacial score (nSPS) is 21.8. The highest BCUT2D eigenvalue weighted by molar-refractivity contribution is 7.99. The van der Waals surface area contributed by atoms with Crippen molar-refractivity contribution in [1.82, 2.24) is 29.9 Å². The maximum absolute atomic E-state index is 6.21. The summed E-state index contributed by atoms with van der Waals surface area (Å²) in [5, 5.41) is 2.73. The molecule has 0 radical (unpaired) electrons. The third-order valence-corrected chi connectivity index (χ3v) is 7.52. The van der Waals surface area contributed by atoms with E-state index < -0.39 is 0 Å². The second-order valence-electron chi connectivity index (χ2n) is 8.54. The van der Waals surface area contributed by atoms with Crippen LogP contribution >= 0.6 is 11.8 Å². The molecule has 3 N–H and O–H groups in total. The molecule has 1 aliphatic heterocycles. The summed E-state index contributed by atoms with van der Waals surface area (Å²) in [6.45, 7) is 1.84. The number of hydrogen-bond donors (Lipinski definition) is 2. The number of fused-ring (bicyclic) bond motifs is 5. The zero-order valence-corrected chi connectivity index (χ0v) is 18.6. The van der Waals surface area contributed by atoms with Gasteiger partial charge in [0.2, 0.25) is 0 Å². The molecule has 7 rings (SSSR count). The molecule has 0 spiro atoms. The van der Waals surface area contributed by atoms with Crippen LogP contribution < -0.4 is 15.4 Å². The summed E-state index contributed by atoms with van der Waals surface area (Å²) in [7, 11) is 1.68. The number of nitrogens with one attached hydrogen (secondary N) is 1. The van der Waals surface area contributed by atoms with Crippen molar-refractivity contribution in [2.75, 3.05) is 25.1 Å². The highest BCUT2D eigenvalue weighted by Crippen LogP contribution is 2.47. The van der Waals surface area contributed by atoms with E-state index in [-0.39, 0.29) is 0 Å². The number of benzene rings is 1. The Morgan fingerprint density at radius 2 is 1.97 bits per heavy atom. The van der Waals surface area contributed by atoms with Crippen LogP contribution in [0.3, 0.4) is 0 Å². The molecule has 0 amide bonds. The molecule has 5 heterocycles. The molecule has 5 aromatic rings. The summed E-state index contributed by atoms with van der Waals surface area (Å²) in [6.07, 6.45) is 5.09. The Balaban J connectivity index is 1.37. The smallest absolute Gasteiger partial charge is 0.196 e. The number of nitrogens with two attached hydrogens (primary N) is 1. The Kier molecular flexibility index (Phi) is 4.03. The molecule has 164 valence electrons. The van der Waals surface area contributed by atoms with Crippen LogP contribution in [0.2, 0.25) is 0 Å². The molecular formula is C23H20N8OS. The van der Waals surface area contributed by atoms with Crippen LogP contribution in [0, 0.1) is 11.8 Å². The van der Waals surface area contributed by atoms with E-state index in [4.69, 9.17) is 20.4 Å². The molecule has 1 aliphatic carbocycles. The first-order valence-corrected chi connectivity index (χ1v) is 11.6. The van der Waals surface area contributed by atoms with Crippen molar-refractivity contribution in [2.24, 2.45) is 17.6 Å². The Bertz CT molecular complexity index is 1540.